The molecule has 1 aromatic carbocycles. The lowest BCUT2D eigenvalue weighted by atomic mass is 10.1. The van der Waals surface area contributed by atoms with Gasteiger partial charge in [0.25, 0.3) is 0 Å². The molecule has 1 aliphatic heterocycles. The number of benzene rings is 1. The summed E-state index contributed by atoms with van der Waals surface area (Å²) in [5.41, 5.74) is 9.59. The van der Waals surface area contributed by atoms with Gasteiger partial charge in [0, 0.05) is 38.2 Å². The highest BCUT2D eigenvalue weighted by molar-refractivity contribution is 5.27. The smallest absolute Gasteiger partial charge is 0.209 e. The SMILES string of the molecule is CCCCOc1cc(Cc2ccc(CN3CC[C@@H](N)C3)cc2)n[nH]1. The van der Waals surface area contributed by atoms with Crippen LogP contribution in [0, 0.1) is 0 Å². The number of nitrogens with one attached hydrogen (secondary N) is 1. The highest BCUT2D eigenvalue weighted by atomic mass is 16.5. The number of aromatic nitrogens is 2. The van der Waals surface area contributed by atoms with Crippen molar-refractivity contribution in [2.75, 3.05) is 19.7 Å². The monoisotopic (exact) mass is 328 g/mol. The molecular formula is C19H28N4O. The van der Waals surface area contributed by atoms with Crippen LogP contribution in [-0.2, 0) is 13.0 Å². The van der Waals surface area contributed by atoms with E-state index >= 15 is 0 Å². The van der Waals surface area contributed by atoms with Gasteiger partial charge in [0.2, 0.25) is 5.88 Å². The molecule has 0 radical (unpaired) electrons. The van der Waals surface area contributed by atoms with Crippen molar-refractivity contribution in [2.24, 2.45) is 5.73 Å². The van der Waals surface area contributed by atoms with Gasteiger partial charge in [0.05, 0.1) is 12.3 Å². The summed E-state index contributed by atoms with van der Waals surface area (Å²) in [5, 5.41) is 7.29. The third kappa shape index (κ3) is 4.82. The summed E-state index contributed by atoms with van der Waals surface area (Å²) >= 11 is 0. The number of unbranched alkanes of at least 4 members (excludes halogenated alkanes) is 1. The molecule has 2 aromatic rings. The van der Waals surface area contributed by atoms with E-state index in [1.807, 2.05) is 6.07 Å². The van der Waals surface area contributed by atoms with E-state index in [0.717, 1.165) is 63.5 Å². The quantitative estimate of drug-likeness (QED) is 0.731. The predicted molar refractivity (Wildman–Crippen MR) is 96.1 cm³/mol. The fourth-order valence-electron chi connectivity index (χ4n) is 3.07. The van der Waals surface area contributed by atoms with Crippen LogP contribution in [0.15, 0.2) is 30.3 Å². The number of ether oxygens (including phenoxy) is 1. The first-order chi connectivity index (χ1) is 11.7. The largest absolute Gasteiger partial charge is 0.478 e. The van der Waals surface area contributed by atoms with Gasteiger partial charge < -0.3 is 10.5 Å². The van der Waals surface area contributed by atoms with Crippen molar-refractivity contribution in [1.82, 2.24) is 15.1 Å². The molecular weight excluding hydrogens is 300 g/mol. The molecule has 130 valence electrons. The summed E-state index contributed by atoms with van der Waals surface area (Å²) in [6.07, 6.45) is 4.14. The summed E-state index contributed by atoms with van der Waals surface area (Å²) in [6, 6.07) is 11.2. The van der Waals surface area contributed by atoms with Crippen LogP contribution in [0.1, 0.15) is 43.0 Å². The fourth-order valence-corrected chi connectivity index (χ4v) is 3.07. The van der Waals surface area contributed by atoms with E-state index in [9.17, 15) is 0 Å². The molecule has 1 fully saturated rings. The molecule has 5 nitrogen and oxygen atoms in total. The van der Waals surface area contributed by atoms with Crippen molar-refractivity contribution < 1.29 is 4.74 Å². The normalized spacial score (nSPS) is 18.2. The molecule has 0 saturated carbocycles. The maximum absolute atomic E-state index is 5.97. The van der Waals surface area contributed by atoms with E-state index < -0.39 is 0 Å². The van der Waals surface area contributed by atoms with Gasteiger partial charge in [-0.1, -0.05) is 37.6 Å². The van der Waals surface area contributed by atoms with Crippen molar-refractivity contribution in [3.63, 3.8) is 0 Å². The van der Waals surface area contributed by atoms with Gasteiger partial charge in [0.15, 0.2) is 0 Å². The average Bonchev–Trinajstić information content (AvgIpc) is 3.19. The maximum Gasteiger partial charge on any atom is 0.209 e. The third-order valence-corrected chi connectivity index (χ3v) is 4.49. The van der Waals surface area contributed by atoms with E-state index in [-0.39, 0.29) is 0 Å². The first-order valence-corrected chi connectivity index (χ1v) is 8.96. The molecule has 1 aliphatic rings. The van der Waals surface area contributed by atoms with Gasteiger partial charge in [-0.15, -0.1) is 0 Å². The van der Waals surface area contributed by atoms with Gasteiger partial charge in [-0.05, 0) is 24.0 Å². The van der Waals surface area contributed by atoms with Crippen molar-refractivity contribution in [2.45, 2.75) is 45.2 Å². The molecule has 1 saturated heterocycles. The second-order valence-electron chi connectivity index (χ2n) is 6.70. The second-order valence-corrected chi connectivity index (χ2v) is 6.70. The molecule has 2 heterocycles. The van der Waals surface area contributed by atoms with Crippen LogP contribution in [0.25, 0.3) is 0 Å². The highest BCUT2D eigenvalue weighted by Gasteiger charge is 2.18. The Morgan fingerprint density at radius 1 is 1.29 bits per heavy atom. The molecule has 5 heteroatoms. The molecule has 3 rings (SSSR count). The maximum atomic E-state index is 5.97. The first kappa shape index (κ1) is 17.0. The van der Waals surface area contributed by atoms with Crippen molar-refractivity contribution in [1.29, 1.82) is 0 Å². The number of H-pyrrole nitrogens is 1. The fraction of sp³-hybridized carbons (Fsp3) is 0.526. The molecule has 1 aromatic heterocycles. The minimum atomic E-state index is 0.345. The van der Waals surface area contributed by atoms with Crippen LogP contribution < -0.4 is 10.5 Å². The van der Waals surface area contributed by atoms with Gasteiger partial charge in [0.1, 0.15) is 0 Å². The van der Waals surface area contributed by atoms with Crippen LogP contribution in [0.5, 0.6) is 5.88 Å². The third-order valence-electron chi connectivity index (χ3n) is 4.49. The van der Waals surface area contributed by atoms with Crippen LogP contribution in [-0.4, -0.2) is 40.8 Å². The predicted octanol–water partition coefficient (Wildman–Crippen LogP) is 2.71. The zero-order chi connectivity index (χ0) is 16.8. The lowest BCUT2D eigenvalue weighted by Gasteiger charge is -2.15. The zero-order valence-electron chi connectivity index (χ0n) is 14.5. The number of aromatic amines is 1. The van der Waals surface area contributed by atoms with E-state index in [1.54, 1.807) is 0 Å². The minimum Gasteiger partial charge on any atom is -0.478 e. The van der Waals surface area contributed by atoms with Gasteiger partial charge in [-0.2, -0.15) is 5.10 Å². The minimum absolute atomic E-state index is 0.345. The van der Waals surface area contributed by atoms with Crippen molar-refractivity contribution in [3.8, 4) is 5.88 Å². The van der Waals surface area contributed by atoms with Gasteiger partial charge in [-0.25, -0.2) is 5.10 Å². The Morgan fingerprint density at radius 2 is 2.08 bits per heavy atom. The Balaban J connectivity index is 1.50. The Hall–Kier alpha value is -1.85. The summed E-state index contributed by atoms with van der Waals surface area (Å²) in [7, 11) is 0. The second kappa shape index (κ2) is 8.31. The number of nitrogens with zero attached hydrogens (tertiary/aromatic N) is 2. The molecule has 0 aliphatic carbocycles. The zero-order valence-corrected chi connectivity index (χ0v) is 14.5. The average molecular weight is 328 g/mol. The standard InChI is InChI=1S/C19H28N4O/c1-2-3-10-24-19-12-18(21-22-19)11-15-4-6-16(7-5-15)13-23-9-8-17(20)14-23/h4-7,12,17H,2-3,8-11,13-14,20H2,1H3,(H,21,22)/t17-/m1/s1. The Labute approximate surface area is 144 Å². The molecule has 0 amide bonds. The molecule has 0 bridgehead atoms. The number of hydrogen-bond donors (Lipinski definition) is 2. The van der Waals surface area contributed by atoms with Crippen molar-refractivity contribution in [3.05, 3.63) is 47.2 Å². The van der Waals surface area contributed by atoms with Crippen LogP contribution in [0.2, 0.25) is 0 Å². The van der Waals surface area contributed by atoms with E-state index in [1.165, 1.54) is 11.1 Å². The van der Waals surface area contributed by atoms with E-state index in [0.29, 0.717) is 6.04 Å². The summed E-state index contributed by atoms with van der Waals surface area (Å²) in [6.45, 7) is 6.01. The number of rotatable bonds is 8. The topological polar surface area (TPSA) is 67.2 Å². The molecule has 0 unspecified atom stereocenters. The van der Waals surface area contributed by atoms with E-state index in [2.05, 4.69) is 46.3 Å². The molecule has 0 spiro atoms. The van der Waals surface area contributed by atoms with Crippen LogP contribution in [0.3, 0.4) is 0 Å². The molecule has 24 heavy (non-hydrogen) atoms. The summed E-state index contributed by atoms with van der Waals surface area (Å²) in [5.74, 6) is 0.764. The summed E-state index contributed by atoms with van der Waals surface area (Å²) in [4.78, 5) is 2.42. The number of likely N-dealkylation sites (tertiary alicyclic amines) is 1. The molecule has 1 atom stereocenters. The Kier molecular flexibility index (Phi) is 5.88. The lowest BCUT2D eigenvalue weighted by Crippen LogP contribution is -2.26. The molecule has 3 N–H and O–H groups in total. The van der Waals surface area contributed by atoms with Crippen molar-refractivity contribution >= 4 is 0 Å². The van der Waals surface area contributed by atoms with Gasteiger partial charge in [-0.3, -0.25) is 4.90 Å². The van der Waals surface area contributed by atoms with E-state index in [4.69, 9.17) is 10.5 Å². The Morgan fingerprint density at radius 3 is 2.79 bits per heavy atom. The lowest BCUT2D eigenvalue weighted by molar-refractivity contribution is 0.297. The highest BCUT2D eigenvalue weighted by Crippen LogP contribution is 2.16. The van der Waals surface area contributed by atoms with Crippen LogP contribution in [0.4, 0.5) is 0 Å². The van der Waals surface area contributed by atoms with Crippen LogP contribution >= 0.6 is 0 Å². The number of hydrogen-bond acceptors (Lipinski definition) is 4. The first-order valence-electron chi connectivity index (χ1n) is 8.96. The summed E-state index contributed by atoms with van der Waals surface area (Å²) < 4.78 is 5.63. The number of nitrogens with two attached hydrogens (primary N) is 1. The van der Waals surface area contributed by atoms with Gasteiger partial charge >= 0.3 is 0 Å². The Bertz CT molecular complexity index is 623.